The number of hydrogen-bond acceptors (Lipinski definition) is 7. The van der Waals surface area contributed by atoms with E-state index in [1.165, 1.54) is 25.5 Å². The Morgan fingerprint density at radius 3 is 2.71 bits per heavy atom. The molecule has 1 heterocycles. The van der Waals surface area contributed by atoms with Crippen LogP contribution in [0, 0.1) is 17.0 Å². The summed E-state index contributed by atoms with van der Waals surface area (Å²) in [5.74, 6) is 0.458. The summed E-state index contributed by atoms with van der Waals surface area (Å²) in [6, 6.07) is 15.0. The molecule has 0 aliphatic carbocycles. The smallest absolute Gasteiger partial charge is 0.315 e. The zero-order valence-corrected chi connectivity index (χ0v) is 20.9. The molecule has 0 atom stereocenters. The van der Waals surface area contributed by atoms with Crippen LogP contribution in [0.4, 0.5) is 5.69 Å². The van der Waals surface area contributed by atoms with Crippen molar-refractivity contribution in [3.63, 3.8) is 0 Å². The Balaban J connectivity index is 1.72. The van der Waals surface area contributed by atoms with Crippen molar-refractivity contribution in [2.24, 2.45) is 5.10 Å². The van der Waals surface area contributed by atoms with Gasteiger partial charge in [0.25, 0.3) is 5.56 Å². The van der Waals surface area contributed by atoms with Gasteiger partial charge in [0.1, 0.15) is 12.4 Å². The summed E-state index contributed by atoms with van der Waals surface area (Å²) in [6.45, 7) is 1.66. The third-order valence-corrected chi connectivity index (χ3v) is 5.96. The van der Waals surface area contributed by atoms with Crippen molar-refractivity contribution in [1.82, 2.24) is 9.66 Å². The first-order chi connectivity index (χ1) is 16.8. The Morgan fingerprint density at radius 1 is 1.23 bits per heavy atom. The van der Waals surface area contributed by atoms with Crippen molar-refractivity contribution in [3.05, 3.63) is 102 Å². The first-order valence-electron chi connectivity index (χ1n) is 10.2. The van der Waals surface area contributed by atoms with E-state index in [-0.39, 0.29) is 29.4 Å². The monoisotopic (exact) mass is 556 g/mol. The zero-order valence-electron chi connectivity index (χ0n) is 18.6. The van der Waals surface area contributed by atoms with E-state index in [2.05, 4.69) is 26.0 Å². The van der Waals surface area contributed by atoms with E-state index in [1.807, 2.05) is 0 Å². The normalized spacial score (nSPS) is 11.2. The van der Waals surface area contributed by atoms with Crippen molar-refractivity contribution in [2.75, 3.05) is 7.11 Å². The number of aryl methyl sites for hydroxylation is 1. The van der Waals surface area contributed by atoms with Gasteiger partial charge in [-0.3, -0.25) is 14.9 Å². The SMILES string of the molecule is COc1cc(C=Nn2c(C)nc3ccc(Br)cc3c2=O)cc([N+](=O)[O-])c1OCc1ccccc1Cl. The van der Waals surface area contributed by atoms with Gasteiger partial charge >= 0.3 is 5.69 Å². The molecule has 3 aromatic carbocycles. The molecule has 1 aromatic heterocycles. The summed E-state index contributed by atoms with van der Waals surface area (Å²) in [6.07, 6.45) is 1.33. The van der Waals surface area contributed by atoms with Gasteiger partial charge in [-0.25, -0.2) is 4.98 Å². The lowest BCUT2D eigenvalue weighted by Gasteiger charge is -2.12. The Kier molecular flexibility index (Phi) is 7.13. The number of nitrogens with zero attached hydrogens (tertiary/aromatic N) is 4. The highest BCUT2D eigenvalue weighted by molar-refractivity contribution is 9.10. The molecule has 35 heavy (non-hydrogen) atoms. The molecule has 4 aromatic rings. The molecule has 0 fully saturated rings. The van der Waals surface area contributed by atoms with Gasteiger partial charge in [0.15, 0.2) is 5.75 Å². The van der Waals surface area contributed by atoms with E-state index in [1.54, 1.807) is 49.4 Å². The molecule has 0 radical (unpaired) electrons. The molecule has 0 aliphatic heterocycles. The number of halogens is 2. The Morgan fingerprint density at radius 2 is 2.00 bits per heavy atom. The highest BCUT2D eigenvalue weighted by Gasteiger charge is 2.22. The lowest BCUT2D eigenvalue weighted by molar-refractivity contribution is -0.386. The molecule has 11 heteroatoms. The highest BCUT2D eigenvalue weighted by Crippen LogP contribution is 2.38. The average molecular weight is 558 g/mol. The maximum absolute atomic E-state index is 12.9. The minimum atomic E-state index is -0.575. The van der Waals surface area contributed by atoms with Gasteiger partial charge < -0.3 is 9.47 Å². The number of hydrogen-bond donors (Lipinski definition) is 0. The number of ether oxygens (including phenoxy) is 2. The second-order valence-electron chi connectivity index (χ2n) is 7.39. The van der Waals surface area contributed by atoms with Crippen molar-refractivity contribution in [1.29, 1.82) is 0 Å². The number of nitro benzene ring substituents is 1. The van der Waals surface area contributed by atoms with Crippen LogP contribution in [0.25, 0.3) is 10.9 Å². The van der Waals surface area contributed by atoms with Crippen molar-refractivity contribution in [2.45, 2.75) is 13.5 Å². The fraction of sp³-hybridized carbons (Fsp3) is 0.125. The minimum Gasteiger partial charge on any atom is -0.493 e. The number of rotatable bonds is 7. The molecule has 0 amide bonds. The molecule has 0 bridgehead atoms. The van der Waals surface area contributed by atoms with Crippen LogP contribution < -0.4 is 15.0 Å². The number of fused-ring (bicyclic) bond motifs is 1. The van der Waals surface area contributed by atoms with Crippen LogP contribution in [-0.4, -0.2) is 27.9 Å². The number of methoxy groups -OCH3 is 1. The lowest BCUT2D eigenvalue weighted by atomic mass is 10.1. The molecule has 0 saturated heterocycles. The Hall–Kier alpha value is -3.76. The van der Waals surface area contributed by atoms with Crippen LogP contribution in [0.2, 0.25) is 5.02 Å². The predicted molar refractivity (Wildman–Crippen MR) is 137 cm³/mol. The number of benzene rings is 3. The molecule has 0 unspecified atom stereocenters. The van der Waals surface area contributed by atoms with E-state index in [0.29, 0.717) is 32.9 Å². The number of nitro groups is 1. The van der Waals surface area contributed by atoms with Crippen molar-refractivity contribution in [3.8, 4) is 11.5 Å². The molecule has 0 spiro atoms. The summed E-state index contributed by atoms with van der Waals surface area (Å²) in [7, 11) is 1.38. The summed E-state index contributed by atoms with van der Waals surface area (Å²) >= 11 is 9.51. The summed E-state index contributed by atoms with van der Waals surface area (Å²) in [4.78, 5) is 28.6. The van der Waals surface area contributed by atoms with Crippen molar-refractivity contribution < 1.29 is 14.4 Å². The highest BCUT2D eigenvalue weighted by atomic mass is 79.9. The fourth-order valence-electron chi connectivity index (χ4n) is 3.40. The largest absolute Gasteiger partial charge is 0.493 e. The van der Waals surface area contributed by atoms with Crippen LogP contribution >= 0.6 is 27.5 Å². The lowest BCUT2D eigenvalue weighted by Crippen LogP contribution is -2.20. The van der Waals surface area contributed by atoms with Crippen molar-refractivity contribution >= 4 is 50.3 Å². The number of aromatic nitrogens is 2. The predicted octanol–water partition coefficient (Wildman–Crippen LogP) is 5.50. The van der Waals surface area contributed by atoms with Gasteiger partial charge in [-0.15, -0.1) is 0 Å². The average Bonchev–Trinajstić information content (AvgIpc) is 2.83. The quantitative estimate of drug-likeness (QED) is 0.169. The zero-order chi connectivity index (χ0) is 25.1. The molecule has 178 valence electrons. The third-order valence-electron chi connectivity index (χ3n) is 5.10. The summed E-state index contributed by atoms with van der Waals surface area (Å²) in [5, 5.41) is 16.9. The van der Waals surface area contributed by atoms with Crippen LogP contribution in [-0.2, 0) is 6.61 Å². The maximum atomic E-state index is 12.9. The van der Waals surface area contributed by atoms with Gasteiger partial charge in [0.2, 0.25) is 5.75 Å². The van der Waals surface area contributed by atoms with E-state index in [9.17, 15) is 14.9 Å². The van der Waals surface area contributed by atoms with Gasteiger partial charge in [0.05, 0.1) is 29.2 Å². The van der Waals surface area contributed by atoms with Gasteiger partial charge in [-0.1, -0.05) is 45.7 Å². The molecular formula is C24H18BrClN4O5. The molecule has 0 N–H and O–H groups in total. The topological polar surface area (TPSA) is 109 Å². The first kappa shape index (κ1) is 24.4. The summed E-state index contributed by atoms with van der Waals surface area (Å²) < 4.78 is 13.0. The van der Waals surface area contributed by atoms with E-state index in [0.717, 1.165) is 9.15 Å². The third kappa shape index (κ3) is 5.18. The Labute approximate surface area is 212 Å². The van der Waals surface area contributed by atoms with Crippen LogP contribution in [0.3, 0.4) is 0 Å². The molecule has 0 aliphatic rings. The van der Waals surface area contributed by atoms with Gasteiger partial charge in [-0.05, 0) is 37.3 Å². The van der Waals surface area contributed by atoms with Gasteiger partial charge in [-0.2, -0.15) is 9.78 Å². The standard InChI is InChI=1S/C24H18BrClN4O5/c1-14-28-20-8-7-17(25)11-18(20)24(31)29(14)27-12-15-9-21(30(32)33)23(22(10-15)34-2)35-13-16-5-3-4-6-19(16)26/h3-12H,13H2,1-2H3. The molecule has 4 rings (SSSR count). The Bertz CT molecular complexity index is 1540. The molecule has 0 saturated carbocycles. The summed E-state index contributed by atoms with van der Waals surface area (Å²) in [5.41, 5.74) is 0.855. The van der Waals surface area contributed by atoms with E-state index in [4.69, 9.17) is 21.1 Å². The van der Waals surface area contributed by atoms with Crippen LogP contribution in [0.5, 0.6) is 11.5 Å². The first-order valence-corrected chi connectivity index (χ1v) is 11.4. The molecular weight excluding hydrogens is 540 g/mol. The molecule has 9 nitrogen and oxygen atoms in total. The van der Waals surface area contributed by atoms with Gasteiger partial charge in [0, 0.05) is 26.7 Å². The van der Waals surface area contributed by atoms with Crippen LogP contribution in [0.1, 0.15) is 17.0 Å². The van der Waals surface area contributed by atoms with Crippen LogP contribution in [0.15, 0.2) is 69.0 Å². The van der Waals surface area contributed by atoms with E-state index < -0.39 is 4.92 Å². The maximum Gasteiger partial charge on any atom is 0.315 e. The fourth-order valence-corrected chi connectivity index (χ4v) is 3.95. The van der Waals surface area contributed by atoms with E-state index >= 15 is 0 Å². The minimum absolute atomic E-state index is 0.0111. The second-order valence-corrected chi connectivity index (χ2v) is 8.71. The second kappa shape index (κ2) is 10.2.